The van der Waals surface area contributed by atoms with Crippen LogP contribution in [0.5, 0.6) is 0 Å². The van der Waals surface area contributed by atoms with Crippen molar-refractivity contribution in [1.82, 2.24) is 0 Å². The van der Waals surface area contributed by atoms with E-state index in [1.165, 1.54) is 12.1 Å². The lowest BCUT2D eigenvalue weighted by Gasteiger charge is -2.36. The number of amides is 1. The fraction of sp³-hybridized carbons (Fsp3) is 0.348. The van der Waals surface area contributed by atoms with Crippen LogP contribution in [0.2, 0.25) is 0 Å². The van der Waals surface area contributed by atoms with Gasteiger partial charge >= 0.3 is 23.9 Å². The number of anilines is 1. The number of rotatable bonds is 7. The third-order valence-corrected chi connectivity index (χ3v) is 5.59. The molecule has 0 saturated heterocycles. The van der Waals surface area contributed by atoms with Gasteiger partial charge in [-0.1, -0.05) is 18.2 Å². The lowest BCUT2D eigenvalue weighted by Crippen LogP contribution is -2.51. The van der Waals surface area contributed by atoms with Crippen LogP contribution >= 0.6 is 0 Å². The number of nitrogens with zero attached hydrogens (tertiary/aromatic N) is 1. The van der Waals surface area contributed by atoms with Crippen molar-refractivity contribution in [3.05, 3.63) is 52.6 Å². The molecule has 2 aliphatic heterocycles. The zero-order valence-electron chi connectivity index (χ0n) is 19.5. The molecule has 35 heavy (non-hydrogen) atoms. The van der Waals surface area contributed by atoms with Crippen LogP contribution in [0.1, 0.15) is 18.9 Å². The lowest BCUT2D eigenvalue weighted by atomic mass is 9.67. The first-order chi connectivity index (χ1) is 16.7. The number of carbonyl (C=O) groups excluding carboxylic acids is 5. The number of carbonyl (C=O) groups is 5. The summed E-state index contributed by atoms with van der Waals surface area (Å²) in [5, 5.41) is 0. The molecule has 0 fully saturated rings. The van der Waals surface area contributed by atoms with Gasteiger partial charge in [-0.3, -0.25) is 19.3 Å². The molecule has 2 N–H and O–H groups in total. The Morgan fingerprint density at radius 1 is 0.971 bits per heavy atom. The molecule has 3 rings (SSSR count). The molecule has 12 heteroatoms. The molecule has 2 aliphatic rings. The van der Waals surface area contributed by atoms with Crippen molar-refractivity contribution in [2.45, 2.75) is 18.8 Å². The third kappa shape index (κ3) is 3.96. The van der Waals surface area contributed by atoms with Crippen LogP contribution in [0.25, 0.3) is 0 Å². The number of fused-ring (bicyclic) bond motifs is 2. The summed E-state index contributed by atoms with van der Waals surface area (Å²) in [5.41, 5.74) is 3.27. The van der Waals surface area contributed by atoms with Crippen LogP contribution in [-0.4, -0.2) is 64.3 Å². The Bertz CT molecular complexity index is 1170. The van der Waals surface area contributed by atoms with Crippen molar-refractivity contribution in [3.63, 3.8) is 0 Å². The van der Waals surface area contributed by atoms with E-state index >= 15 is 0 Å². The predicted octanol–water partition coefficient (Wildman–Crippen LogP) is 0.198. The molecule has 0 bridgehead atoms. The summed E-state index contributed by atoms with van der Waals surface area (Å²) in [6, 6.07) is 6.18. The van der Waals surface area contributed by atoms with Gasteiger partial charge in [0.15, 0.2) is 0 Å². The predicted molar refractivity (Wildman–Crippen MR) is 117 cm³/mol. The molecule has 0 aliphatic carbocycles. The normalized spacial score (nSPS) is 18.7. The Labute approximate surface area is 200 Å². The Kier molecular flexibility index (Phi) is 7.13. The number of methoxy groups -OCH3 is 3. The molecule has 186 valence electrons. The van der Waals surface area contributed by atoms with Gasteiger partial charge in [0.25, 0.3) is 0 Å². The molecule has 2 heterocycles. The minimum Gasteiger partial charge on any atom is -0.469 e. The quantitative estimate of drug-likeness (QED) is 0.412. The Balaban J connectivity index is 2.45. The molecular formula is C23H24N2O10. The number of esters is 4. The first-order valence-corrected chi connectivity index (χ1v) is 10.4. The van der Waals surface area contributed by atoms with Crippen LogP contribution in [0.4, 0.5) is 5.69 Å². The first kappa shape index (κ1) is 25.3. The molecule has 1 aromatic carbocycles. The fourth-order valence-electron chi connectivity index (χ4n) is 4.19. The van der Waals surface area contributed by atoms with E-state index in [1.54, 1.807) is 19.1 Å². The van der Waals surface area contributed by atoms with Gasteiger partial charge in [-0.25, -0.2) is 9.59 Å². The Hall–Kier alpha value is -4.35. The third-order valence-electron chi connectivity index (χ3n) is 5.59. The smallest absolute Gasteiger partial charge is 0.341 e. The summed E-state index contributed by atoms with van der Waals surface area (Å²) in [6.07, 6.45) is -0.605. The van der Waals surface area contributed by atoms with Crippen LogP contribution in [0.15, 0.2) is 47.1 Å². The zero-order chi connectivity index (χ0) is 25.9. The first-order valence-electron chi connectivity index (χ1n) is 10.4. The topological polar surface area (TPSA) is 161 Å². The minimum absolute atomic E-state index is 0.0836. The second-order valence-corrected chi connectivity index (χ2v) is 7.34. The molecule has 1 spiro atoms. The standard InChI is InChI=1S/C23H24N2O10/c1-5-34-21(29)18-19(24)35-14(10-15(26)31-2)17(20(28)33-4)23(18)12-8-6-7-9-13(12)25(22(23)30)11-16(27)32-3/h6-9H,5,10-11,24H2,1-4H3/t23-/m1/s1. The molecule has 12 nitrogen and oxygen atoms in total. The lowest BCUT2D eigenvalue weighted by molar-refractivity contribution is -0.143. The number of hydrogen-bond donors (Lipinski definition) is 1. The highest BCUT2D eigenvalue weighted by atomic mass is 16.5. The van der Waals surface area contributed by atoms with Gasteiger partial charge in [0.2, 0.25) is 11.8 Å². The number of hydrogen-bond acceptors (Lipinski definition) is 11. The summed E-state index contributed by atoms with van der Waals surface area (Å²) < 4.78 is 25.0. The van der Waals surface area contributed by atoms with Crippen molar-refractivity contribution in [2.24, 2.45) is 5.73 Å². The molecule has 0 radical (unpaired) electrons. The van der Waals surface area contributed by atoms with Gasteiger partial charge in [-0.15, -0.1) is 0 Å². The Morgan fingerprint density at radius 3 is 2.23 bits per heavy atom. The minimum atomic E-state index is -2.24. The number of nitrogens with two attached hydrogens (primary N) is 1. The van der Waals surface area contributed by atoms with Crippen molar-refractivity contribution < 1.29 is 47.7 Å². The van der Waals surface area contributed by atoms with Gasteiger partial charge in [0.05, 0.1) is 27.9 Å². The summed E-state index contributed by atoms with van der Waals surface area (Å²) in [7, 11) is 3.33. The van der Waals surface area contributed by atoms with Crippen LogP contribution in [-0.2, 0) is 53.1 Å². The van der Waals surface area contributed by atoms with Gasteiger partial charge in [0.1, 0.15) is 35.3 Å². The molecular weight excluding hydrogens is 464 g/mol. The molecule has 0 saturated carbocycles. The SMILES string of the molecule is CCOC(=O)C1=C(N)OC(CC(=O)OC)=C(C(=O)OC)[C@@]12C(=O)N(CC(=O)OC)c1ccccc12. The zero-order valence-corrected chi connectivity index (χ0v) is 19.5. The van der Waals surface area contributed by atoms with E-state index < -0.39 is 65.2 Å². The average molecular weight is 488 g/mol. The highest BCUT2D eigenvalue weighted by Crippen LogP contribution is 2.54. The van der Waals surface area contributed by atoms with E-state index in [1.807, 2.05) is 0 Å². The maximum atomic E-state index is 14.2. The highest BCUT2D eigenvalue weighted by Gasteiger charge is 2.64. The molecule has 0 unspecified atom stereocenters. The molecule has 0 aromatic heterocycles. The van der Waals surface area contributed by atoms with Crippen LogP contribution in [0.3, 0.4) is 0 Å². The summed E-state index contributed by atoms with van der Waals surface area (Å²) in [6.45, 7) is 0.921. The van der Waals surface area contributed by atoms with Crippen molar-refractivity contribution in [2.75, 3.05) is 39.4 Å². The summed E-state index contributed by atoms with van der Waals surface area (Å²) >= 11 is 0. The highest BCUT2D eigenvalue weighted by molar-refractivity contribution is 6.23. The second kappa shape index (κ2) is 9.87. The summed E-state index contributed by atoms with van der Waals surface area (Å²) in [5.74, 6) is -5.47. The molecule has 1 atom stereocenters. The van der Waals surface area contributed by atoms with E-state index in [9.17, 15) is 24.0 Å². The average Bonchev–Trinajstić information content (AvgIpc) is 3.07. The van der Waals surface area contributed by atoms with E-state index in [0.717, 1.165) is 26.2 Å². The van der Waals surface area contributed by atoms with Gasteiger partial charge < -0.3 is 29.4 Å². The van der Waals surface area contributed by atoms with Gasteiger partial charge in [-0.05, 0) is 13.0 Å². The van der Waals surface area contributed by atoms with Crippen LogP contribution < -0.4 is 10.6 Å². The van der Waals surface area contributed by atoms with E-state index in [0.29, 0.717) is 0 Å². The number of para-hydroxylation sites is 1. The van der Waals surface area contributed by atoms with E-state index in [2.05, 4.69) is 4.74 Å². The van der Waals surface area contributed by atoms with Crippen LogP contribution in [0, 0.1) is 0 Å². The van der Waals surface area contributed by atoms with Gasteiger partial charge in [-0.2, -0.15) is 0 Å². The van der Waals surface area contributed by atoms with E-state index in [-0.39, 0.29) is 23.6 Å². The van der Waals surface area contributed by atoms with Gasteiger partial charge in [0, 0.05) is 11.3 Å². The van der Waals surface area contributed by atoms with E-state index in [4.69, 9.17) is 24.7 Å². The maximum absolute atomic E-state index is 14.2. The number of ether oxygens (including phenoxy) is 5. The van der Waals surface area contributed by atoms with Crippen molar-refractivity contribution >= 4 is 35.5 Å². The van der Waals surface area contributed by atoms with Crippen molar-refractivity contribution in [1.29, 1.82) is 0 Å². The summed E-state index contributed by atoms with van der Waals surface area (Å²) in [4.78, 5) is 65.9. The number of benzene rings is 1. The largest absolute Gasteiger partial charge is 0.469 e. The second-order valence-electron chi connectivity index (χ2n) is 7.34. The maximum Gasteiger partial charge on any atom is 0.341 e. The fourth-order valence-corrected chi connectivity index (χ4v) is 4.19. The molecule has 1 aromatic rings. The Morgan fingerprint density at radius 2 is 1.63 bits per heavy atom. The van der Waals surface area contributed by atoms with Crippen molar-refractivity contribution in [3.8, 4) is 0 Å². The monoisotopic (exact) mass is 488 g/mol. The molecule has 1 amide bonds.